The minimum absolute atomic E-state index is 0.0724. The van der Waals surface area contributed by atoms with Crippen LogP contribution in [0.2, 0.25) is 0 Å². The van der Waals surface area contributed by atoms with Crippen LogP contribution in [0.5, 0.6) is 0 Å². The van der Waals surface area contributed by atoms with Crippen molar-refractivity contribution < 1.29 is 9.90 Å². The topological polar surface area (TPSA) is 49.3 Å². The Labute approximate surface area is 130 Å². The van der Waals surface area contributed by atoms with Crippen LogP contribution >= 0.6 is 31.9 Å². The van der Waals surface area contributed by atoms with Gasteiger partial charge in [0, 0.05) is 22.1 Å². The van der Waals surface area contributed by atoms with Crippen LogP contribution in [0.4, 0.5) is 0 Å². The van der Waals surface area contributed by atoms with Crippen LogP contribution in [-0.4, -0.2) is 24.2 Å². The Bertz CT molecular complexity index is 465. The molecule has 3 nitrogen and oxygen atoms in total. The third-order valence-corrected chi connectivity index (χ3v) is 4.93. The summed E-state index contributed by atoms with van der Waals surface area (Å²) < 4.78 is 1.67. The van der Waals surface area contributed by atoms with Gasteiger partial charge in [0.25, 0.3) is 5.91 Å². The highest BCUT2D eigenvalue weighted by Crippen LogP contribution is 2.30. The molecule has 5 heteroatoms. The van der Waals surface area contributed by atoms with E-state index in [2.05, 4.69) is 37.2 Å². The first kappa shape index (κ1) is 15.0. The summed E-state index contributed by atoms with van der Waals surface area (Å²) in [6.45, 7) is 0.865. The second-order valence-electron chi connectivity index (χ2n) is 4.97. The van der Waals surface area contributed by atoms with Gasteiger partial charge in [0.15, 0.2) is 0 Å². The van der Waals surface area contributed by atoms with Crippen molar-refractivity contribution in [2.45, 2.75) is 19.3 Å². The van der Waals surface area contributed by atoms with Crippen molar-refractivity contribution in [1.82, 2.24) is 5.32 Å². The Kier molecular flexibility index (Phi) is 5.42. The summed E-state index contributed by atoms with van der Waals surface area (Å²) >= 11 is 6.76. The van der Waals surface area contributed by atoms with E-state index in [9.17, 15) is 9.90 Å². The fourth-order valence-corrected chi connectivity index (χ4v) is 3.40. The Hall–Kier alpha value is -0.390. The molecular weight excluding hydrogens is 374 g/mol. The summed E-state index contributed by atoms with van der Waals surface area (Å²) in [5.74, 6) is 0.669. The standard InChI is InChI=1S/C14H17Br2NO2/c15-11-4-5-13(16)12(6-11)14(19)17-7-9-2-1-3-10(9)8-18/h4-6,9-10,18H,1-3,7-8H2,(H,17,19). The van der Waals surface area contributed by atoms with Gasteiger partial charge in [-0.15, -0.1) is 0 Å². The molecule has 2 rings (SSSR count). The van der Waals surface area contributed by atoms with E-state index < -0.39 is 0 Å². The van der Waals surface area contributed by atoms with Crippen molar-refractivity contribution in [2.24, 2.45) is 11.8 Å². The molecule has 0 spiro atoms. The second-order valence-corrected chi connectivity index (χ2v) is 6.74. The molecule has 0 saturated heterocycles. The van der Waals surface area contributed by atoms with Crippen molar-refractivity contribution in [3.63, 3.8) is 0 Å². The largest absolute Gasteiger partial charge is 0.396 e. The predicted molar refractivity (Wildman–Crippen MR) is 82.1 cm³/mol. The van der Waals surface area contributed by atoms with Gasteiger partial charge in [0.1, 0.15) is 0 Å². The fraction of sp³-hybridized carbons (Fsp3) is 0.500. The van der Waals surface area contributed by atoms with Gasteiger partial charge in [-0.2, -0.15) is 0 Å². The summed E-state index contributed by atoms with van der Waals surface area (Å²) in [4.78, 5) is 12.1. The monoisotopic (exact) mass is 389 g/mol. The molecule has 1 aliphatic carbocycles. The third-order valence-electron chi connectivity index (χ3n) is 3.75. The molecule has 2 atom stereocenters. The molecule has 0 aliphatic heterocycles. The molecule has 0 bridgehead atoms. The zero-order chi connectivity index (χ0) is 13.8. The van der Waals surface area contributed by atoms with Crippen LogP contribution in [0, 0.1) is 11.8 Å². The van der Waals surface area contributed by atoms with E-state index in [0.29, 0.717) is 23.9 Å². The molecule has 2 unspecified atom stereocenters. The highest BCUT2D eigenvalue weighted by Gasteiger charge is 2.27. The van der Waals surface area contributed by atoms with Gasteiger partial charge in [-0.25, -0.2) is 0 Å². The van der Waals surface area contributed by atoms with Crippen LogP contribution in [-0.2, 0) is 0 Å². The number of rotatable bonds is 4. The minimum Gasteiger partial charge on any atom is -0.396 e. The van der Waals surface area contributed by atoms with E-state index in [1.165, 1.54) is 0 Å². The lowest BCUT2D eigenvalue weighted by molar-refractivity contribution is 0.0937. The van der Waals surface area contributed by atoms with Crippen LogP contribution in [0.15, 0.2) is 27.1 Å². The lowest BCUT2D eigenvalue weighted by Crippen LogP contribution is -2.31. The van der Waals surface area contributed by atoms with E-state index in [0.717, 1.165) is 28.2 Å². The fourth-order valence-electron chi connectivity index (χ4n) is 2.61. The number of hydrogen-bond donors (Lipinski definition) is 2. The summed E-state index contributed by atoms with van der Waals surface area (Å²) in [5, 5.41) is 12.2. The molecule has 1 saturated carbocycles. The highest BCUT2D eigenvalue weighted by molar-refractivity contribution is 9.11. The molecule has 0 heterocycles. The maximum atomic E-state index is 12.1. The van der Waals surface area contributed by atoms with Crippen molar-refractivity contribution in [3.05, 3.63) is 32.7 Å². The predicted octanol–water partition coefficient (Wildman–Crippen LogP) is 3.35. The average Bonchev–Trinajstić information content (AvgIpc) is 2.86. The zero-order valence-corrected chi connectivity index (χ0v) is 13.7. The number of halogens is 2. The van der Waals surface area contributed by atoms with Gasteiger partial charge in [-0.05, 0) is 58.8 Å². The normalized spacial score (nSPS) is 22.5. The van der Waals surface area contributed by atoms with Gasteiger partial charge in [0.05, 0.1) is 5.56 Å². The van der Waals surface area contributed by atoms with Gasteiger partial charge in [-0.3, -0.25) is 4.79 Å². The molecule has 1 aromatic carbocycles. The highest BCUT2D eigenvalue weighted by atomic mass is 79.9. The molecule has 104 valence electrons. The van der Waals surface area contributed by atoms with Crippen LogP contribution < -0.4 is 5.32 Å². The molecular formula is C14H17Br2NO2. The van der Waals surface area contributed by atoms with Crippen molar-refractivity contribution in [2.75, 3.05) is 13.2 Å². The van der Waals surface area contributed by atoms with E-state index in [4.69, 9.17) is 0 Å². The summed E-state index contributed by atoms with van der Waals surface area (Å²) in [7, 11) is 0. The Morgan fingerprint density at radius 1 is 1.32 bits per heavy atom. The number of nitrogens with one attached hydrogen (secondary N) is 1. The number of aliphatic hydroxyl groups is 1. The summed E-state index contributed by atoms with van der Waals surface area (Å²) in [6, 6.07) is 5.54. The van der Waals surface area contributed by atoms with E-state index in [1.807, 2.05) is 12.1 Å². The molecule has 1 aliphatic rings. The molecule has 1 amide bonds. The first-order valence-corrected chi connectivity index (χ1v) is 8.04. The van der Waals surface area contributed by atoms with Crippen molar-refractivity contribution >= 4 is 37.8 Å². The number of carbonyl (C=O) groups excluding carboxylic acids is 1. The van der Waals surface area contributed by atoms with E-state index in [1.54, 1.807) is 6.07 Å². The van der Waals surface area contributed by atoms with Gasteiger partial charge >= 0.3 is 0 Å². The Balaban J connectivity index is 1.96. The molecule has 0 aromatic heterocycles. The second kappa shape index (κ2) is 6.86. The number of amides is 1. The molecule has 0 radical (unpaired) electrons. The smallest absolute Gasteiger partial charge is 0.252 e. The first-order chi connectivity index (χ1) is 9.11. The average molecular weight is 391 g/mol. The van der Waals surface area contributed by atoms with Crippen LogP contribution in [0.3, 0.4) is 0 Å². The Morgan fingerprint density at radius 3 is 2.79 bits per heavy atom. The van der Waals surface area contributed by atoms with Gasteiger partial charge in [0.2, 0.25) is 0 Å². The number of aliphatic hydroxyl groups excluding tert-OH is 1. The van der Waals surface area contributed by atoms with Gasteiger partial charge in [-0.1, -0.05) is 22.4 Å². The van der Waals surface area contributed by atoms with E-state index in [-0.39, 0.29) is 12.5 Å². The summed E-state index contributed by atoms with van der Waals surface area (Å²) in [5.41, 5.74) is 0.632. The van der Waals surface area contributed by atoms with Gasteiger partial charge < -0.3 is 10.4 Å². The third kappa shape index (κ3) is 3.80. The lowest BCUT2D eigenvalue weighted by Gasteiger charge is -2.18. The number of hydrogen-bond acceptors (Lipinski definition) is 2. The molecule has 1 fully saturated rings. The Morgan fingerprint density at radius 2 is 2.05 bits per heavy atom. The van der Waals surface area contributed by atoms with Crippen molar-refractivity contribution in [1.29, 1.82) is 0 Å². The maximum absolute atomic E-state index is 12.1. The number of benzene rings is 1. The first-order valence-electron chi connectivity index (χ1n) is 6.46. The SMILES string of the molecule is O=C(NCC1CCCC1CO)c1cc(Br)ccc1Br. The molecule has 19 heavy (non-hydrogen) atoms. The van der Waals surface area contributed by atoms with Crippen LogP contribution in [0.1, 0.15) is 29.6 Å². The van der Waals surface area contributed by atoms with E-state index >= 15 is 0 Å². The summed E-state index contributed by atoms with van der Waals surface area (Å²) in [6.07, 6.45) is 3.30. The lowest BCUT2D eigenvalue weighted by atomic mass is 9.97. The molecule has 2 N–H and O–H groups in total. The van der Waals surface area contributed by atoms with Crippen LogP contribution in [0.25, 0.3) is 0 Å². The zero-order valence-electron chi connectivity index (χ0n) is 10.5. The minimum atomic E-state index is -0.0724. The van der Waals surface area contributed by atoms with Crippen molar-refractivity contribution in [3.8, 4) is 0 Å². The number of carbonyl (C=O) groups is 1. The maximum Gasteiger partial charge on any atom is 0.252 e. The quantitative estimate of drug-likeness (QED) is 0.828. The molecule has 1 aromatic rings.